The fraction of sp³-hybridized carbons (Fsp3) is 0.250. The number of nitrogens with zero attached hydrogens (tertiary/aromatic N) is 2. The molecule has 0 fully saturated rings. The number of carbonyl (C=O) groups is 1. The number of amides is 1. The Hall–Kier alpha value is -3.75. The van der Waals surface area contributed by atoms with Crippen molar-refractivity contribution in [1.29, 1.82) is 0 Å². The topological polar surface area (TPSA) is 120 Å². The quantitative estimate of drug-likeness (QED) is 0.621. The van der Waals surface area contributed by atoms with Crippen LogP contribution in [0.5, 0.6) is 17.2 Å². The number of rotatable bonds is 7. The number of ether oxygens (including phenoxy) is 3. The van der Waals surface area contributed by atoms with E-state index >= 15 is 0 Å². The molecule has 9 heteroatoms. The summed E-state index contributed by atoms with van der Waals surface area (Å²) < 4.78 is 16.1. The van der Waals surface area contributed by atoms with Crippen molar-refractivity contribution in [3.63, 3.8) is 0 Å². The Morgan fingerprint density at radius 3 is 2.45 bits per heavy atom. The first-order valence-corrected chi connectivity index (χ1v) is 8.73. The van der Waals surface area contributed by atoms with Gasteiger partial charge in [0.1, 0.15) is 5.39 Å². The minimum absolute atomic E-state index is 0.240. The van der Waals surface area contributed by atoms with E-state index in [4.69, 9.17) is 19.9 Å². The predicted octanol–water partition coefficient (Wildman–Crippen LogP) is 1.68. The lowest BCUT2D eigenvalue weighted by Gasteiger charge is -2.20. The summed E-state index contributed by atoms with van der Waals surface area (Å²) in [6.07, 6.45) is 0. The largest absolute Gasteiger partial charge is 0.493 e. The number of methoxy groups -OCH3 is 3. The average Bonchev–Trinajstić information content (AvgIpc) is 2.72. The number of hydrogen-bond acceptors (Lipinski definition) is 7. The van der Waals surface area contributed by atoms with Crippen LogP contribution < -0.4 is 30.4 Å². The number of nitrogens with one attached hydrogen (secondary N) is 1. The molecule has 0 atom stereocenters. The molecule has 0 saturated heterocycles. The summed E-state index contributed by atoms with van der Waals surface area (Å²) in [5.74, 6) is 0.740. The van der Waals surface area contributed by atoms with Crippen molar-refractivity contribution in [3.8, 4) is 17.2 Å². The molecule has 2 aromatic carbocycles. The number of benzene rings is 2. The van der Waals surface area contributed by atoms with Crippen LogP contribution in [0.25, 0.3) is 10.9 Å². The van der Waals surface area contributed by atoms with Crippen molar-refractivity contribution in [2.45, 2.75) is 6.54 Å². The Morgan fingerprint density at radius 1 is 1.14 bits per heavy atom. The van der Waals surface area contributed by atoms with Crippen LogP contribution in [-0.2, 0) is 6.54 Å². The van der Waals surface area contributed by atoms with Crippen LogP contribution in [0.15, 0.2) is 35.1 Å². The van der Waals surface area contributed by atoms with Gasteiger partial charge in [-0.15, -0.1) is 0 Å². The van der Waals surface area contributed by atoms with E-state index in [0.717, 1.165) is 5.56 Å². The summed E-state index contributed by atoms with van der Waals surface area (Å²) in [6, 6.07) is 8.62. The van der Waals surface area contributed by atoms with Gasteiger partial charge >= 0.3 is 0 Å². The second kappa shape index (κ2) is 8.09. The highest BCUT2D eigenvalue weighted by molar-refractivity contribution is 5.94. The average molecular weight is 398 g/mol. The molecule has 152 valence electrons. The molecule has 9 nitrogen and oxygen atoms in total. The van der Waals surface area contributed by atoms with Crippen LogP contribution in [0.2, 0.25) is 0 Å². The van der Waals surface area contributed by atoms with Crippen molar-refractivity contribution in [1.82, 2.24) is 9.97 Å². The molecule has 0 radical (unpaired) electrons. The number of H-pyrrole nitrogens is 1. The SMILES string of the molecule is COc1cc2nc(N(C)Cc3ccccc3C(N)=O)[nH]c(=O)c2c(OC)c1OC. The van der Waals surface area contributed by atoms with Gasteiger partial charge in [-0.1, -0.05) is 18.2 Å². The Labute approximate surface area is 167 Å². The zero-order chi connectivity index (χ0) is 21.1. The molecule has 3 N–H and O–H groups in total. The van der Waals surface area contributed by atoms with Crippen LogP contribution in [-0.4, -0.2) is 44.3 Å². The lowest BCUT2D eigenvalue weighted by Crippen LogP contribution is -2.25. The van der Waals surface area contributed by atoms with Gasteiger partial charge in [0.25, 0.3) is 5.56 Å². The number of carbonyl (C=O) groups excluding carboxylic acids is 1. The van der Waals surface area contributed by atoms with Gasteiger partial charge in [-0.3, -0.25) is 14.6 Å². The minimum Gasteiger partial charge on any atom is -0.493 e. The second-order valence-electron chi connectivity index (χ2n) is 6.31. The van der Waals surface area contributed by atoms with E-state index in [9.17, 15) is 9.59 Å². The summed E-state index contributed by atoms with van der Waals surface area (Å²) in [6.45, 7) is 0.317. The Morgan fingerprint density at radius 2 is 1.83 bits per heavy atom. The van der Waals surface area contributed by atoms with E-state index in [0.29, 0.717) is 35.1 Å². The molecule has 0 aliphatic heterocycles. The number of nitrogens with two attached hydrogens (primary N) is 1. The van der Waals surface area contributed by atoms with Gasteiger partial charge in [0.05, 0.1) is 26.8 Å². The molecule has 1 heterocycles. The van der Waals surface area contributed by atoms with Crippen molar-refractivity contribution >= 4 is 22.8 Å². The summed E-state index contributed by atoms with van der Waals surface area (Å²) in [5, 5.41) is 0.250. The lowest BCUT2D eigenvalue weighted by molar-refractivity contribution is 0.0999. The number of anilines is 1. The van der Waals surface area contributed by atoms with Gasteiger partial charge in [-0.05, 0) is 11.6 Å². The smallest absolute Gasteiger partial charge is 0.264 e. The molecule has 3 aromatic rings. The first-order chi connectivity index (χ1) is 13.9. The van der Waals surface area contributed by atoms with Crippen molar-refractivity contribution in [3.05, 3.63) is 51.8 Å². The number of aromatic nitrogens is 2. The van der Waals surface area contributed by atoms with Gasteiger partial charge in [0.2, 0.25) is 17.6 Å². The Kier molecular flexibility index (Phi) is 5.58. The molecule has 0 aliphatic carbocycles. The molecular formula is C20H22N4O5. The zero-order valence-electron chi connectivity index (χ0n) is 16.6. The fourth-order valence-corrected chi connectivity index (χ4v) is 3.17. The first kappa shape index (κ1) is 20.0. The first-order valence-electron chi connectivity index (χ1n) is 8.73. The van der Waals surface area contributed by atoms with Gasteiger partial charge < -0.3 is 24.8 Å². The third-order valence-corrected chi connectivity index (χ3v) is 4.54. The number of primary amides is 1. The third-order valence-electron chi connectivity index (χ3n) is 4.54. The van der Waals surface area contributed by atoms with Gasteiger partial charge in [0.15, 0.2) is 11.5 Å². The second-order valence-corrected chi connectivity index (χ2v) is 6.31. The van der Waals surface area contributed by atoms with E-state index in [1.54, 1.807) is 36.2 Å². The number of fused-ring (bicyclic) bond motifs is 1. The maximum Gasteiger partial charge on any atom is 0.264 e. The third kappa shape index (κ3) is 3.66. The van der Waals surface area contributed by atoms with Crippen molar-refractivity contribution in [2.24, 2.45) is 5.73 Å². The van der Waals surface area contributed by atoms with E-state index in [-0.39, 0.29) is 11.1 Å². The van der Waals surface area contributed by atoms with E-state index in [1.807, 2.05) is 6.07 Å². The van der Waals surface area contributed by atoms with Crippen LogP contribution in [0, 0.1) is 0 Å². The fourth-order valence-electron chi connectivity index (χ4n) is 3.17. The molecular weight excluding hydrogens is 376 g/mol. The van der Waals surface area contributed by atoms with E-state index in [1.165, 1.54) is 21.3 Å². The van der Waals surface area contributed by atoms with E-state index in [2.05, 4.69) is 9.97 Å². The lowest BCUT2D eigenvalue weighted by atomic mass is 10.1. The molecule has 1 aromatic heterocycles. The van der Waals surface area contributed by atoms with E-state index < -0.39 is 11.5 Å². The maximum atomic E-state index is 12.8. The normalized spacial score (nSPS) is 10.6. The Bertz CT molecular complexity index is 1130. The van der Waals surface area contributed by atoms with Crippen molar-refractivity contribution < 1.29 is 19.0 Å². The summed E-state index contributed by atoms with van der Waals surface area (Å²) in [7, 11) is 6.15. The van der Waals surface area contributed by atoms with Crippen LogP contribution >= 0.6 is 0 Å². The zero-order valence-corrected chi connectivity index (χ0v) is 16.6. The molecule has 3 rings (SSSR count). The highest BCUT2D eigenvalue weighted by Gasteiger charge is 2.21. The highest BCUT2D eigenvalue weighted by Crippen LogP contribution is 2.41. The predicted molar refractivity (Wildman–Crippen MR) is 109 cm³/mol. The van der Waals surface area contributed by atoms with Crippen LogP contribution in [0.1, 0.15) is 15.9 Å². The molecule has 0 bridgehead atoms. The van der Waals surface area contributed by atoms with Crippen LogP contribution in [0.4, 0.5) is 5.95 Å². The summed E-state index contributed by atoms with van der Waals surface area (Å²) in [4.78, 5) is 33.5. The van der Waals surface area contributed by atoms with Gasteiger partial charge in [-0.25, -0.2) is 4.98 Å². The molecule has 1 amide bonds. The standard InChI is InChI=1S/C20H22N4O5/c1-24(10-11-7-5-6-8-12(11)18(21)25)20-22-13-9-14(27-2)16(28-3)17(29-4)15(13)19(26)23-20/h5-9H,10H2,1-4H3,(H2,21,25)(H,22,23,26). The number of aromatic amines is 1. The highest BCUT2D eigenvalue weighted by atomic mass is 16.5. The van der Waals surface area contributed by atoms with Gasteiger partial charge in [0, 0.05) is 25.2 Å². The Balaban J connectivity index is 2.10. The molecule has 0 spiro atoms. The molecule has 0 aliphatic rings. The molecule has 0 unspecified atom stereocenters. The van der Waals surface area contributed by atoms with Gasteiger partial charge in [-0.2, -0.15) is 0 Å². The van der Waals surface area contributed by atoms with Crippen molar-refractivity contribution in [2.75, 3.05) is 33.3 Å². The summed E-state index contributed by atoms with van der Waals surface area (Å²) >= 11 is 0. The number of hydrogen-bond donors (Lipinski definition) is 2. The molecule has 29 heavy (non-hydrogen) atoms. The molecule has 0 saturated carbocycles. The minimum atomic E-state index is -0.518. The van der Waals surface area contributed by atoms with Crippen LogP contribution in [0.3, 0.4) is 0 Å². The monoisotopic (exact) mass is 398 g/mol. The maximum absolute atomic E-state index is 12.8. The summed E-state index contributed by atoms with van der Waals surface area (Å²) in [5.41, 5.74) is 6.57.